The van der Waals surface area contributed by atoms with Gasteiger partial charge in [-0.2, -0.15) is 0 Å². The smallest absolute Gasteiger partial charge is 0.0991 e. The number of thiazole rings is 1. The summed E-state index contributed by atoms with van der Waals surface area (Å²) in [6.07, 6.45) is 2.47. The van der Waals surface area contributed by atoms with Crippen LogP contribution in [-0.4, -0.2) is 18.1 Å². The molecule has 1 aromatic carbocycles. The molecule has 0 radical (unpaired) electrons. The van der Waals surface area contributed by atoms with Crippen LogP contribution < -0.4 is 11.3 Å². The summed E-state index contributed by atoms with van der Waals surface area (Å²) in [6.45, 7) is 0. The molecule has 0 aliphatic heterocycles. The van der Waals surface area contributed by atoms with Gasteiger partial charge in [-0.3, -0.25) is 11.3 Å². The van der Waals surface area contributed by atoms with E-state index in [-0.39, 0.29) is 12.1 Å². The van der Waals surface area contributed by atoms with Gasteiger partial charge in [-0.1, -0.05) is 30.3 Å². The van der Waals surface area contributed by atoms with Gasteiger partial charge in [0.25, 0.3) is 0 Å². The summed E-state index contributed by atoms with van der Waals surface area (Å²) in [6, 6.07) is 10.1. The molecule has 0 fully saturated rings. The number of aromatic nitrogens is 1. The third-order valence-electron chi connectivity index (χ3n) is 2.84. The standard InChI is InChI=1S/C13H17N3OS/c1-17-13(10-5-3-2-4-6-10)11(16-14)9-12-15-7-8-18-12/h2-8,11,13,16H,9,14H2,1H3. The van der Waals surface area contributed by atoms with Crippen LogP contribution >= 0.6 is 11.3 Å². The molecule has 3 N–H and O–H groups in total. The Morgan fingerprint density at radius 2 is 2.17 bits per heavy atom. The maximum Gasteiger partial charge on any atom is 0.0991 e. The Bertz CT molecular complexity index is 447. The van der Waals surface area contributed by atoms with Crippen molar-refractivity contribution in [3.8, 4) is 0 Å². The molecule has 2 aromatic rings. The largest absolute Gasteiger partial charge is 0.375 e. The molecule has 0 saturated carbocycles. The fourth-order valence-electron chi connectivity index (χ4n) is 1.97. The summed E-state index contributed by atoms with van der Waals surface area (Å²) in [5, 5.41) is 3.02. The van der Waals surface area contributed by atoms with Crippen LogP contribution in [-0.2, 0) is 11.2 Å². The maximum atomic E-state index is 5.65. The highest BCUT2D eigenvalue weighted by molar-refractivity contribution is 7.09. The number of methoxy groups -OCH3 is 1. The SMILES string of the molecule is COC(c1ccccc1)C(Cc1nccs1)NN. The van der Waals surface area contributed by atoms with Gasteiger partial charge in [0.15, 0.2) is 0 Å². The normalized spacial score (nSPS) is 14.3. The zero-order chi connectivity index (χ0) is 12.8. The van der Waals surface area contributed by atoms with Crippen LogP contribution in [0, 0.1) is 0 Å². The van der Waals surface area contributed by atoms with E-state index in [0.717, 1.165) is 17.0 Å². The lowest BCUT2D eigenvalue weighted by Gasteiger charge is -2.25. The number of hydrogen-bond acceptors (Lipinski definition) is 5. The Labute approximate surface area is 111 Å². The van der Waals surface area contributed by atoms with Gasteiger partial charge in [-0.25, -0.2) is 4.98 Å². The molecule has 96 valence electrons. The van der Waals surface area contributed by atoms with Crippen LogP contribution in [0.1, 0.15) is 16.7 Å². The molecule has 1 heterocycles. The second kappa shape index (κ2) is 6.61. The first-order chi connectivity index (χ1) is 8.85. The van der Waals surface area contributed by atoms with Crippen LogP contribution in [0.3, 0.4) is 0 Å². The van der Waals surface area contributed by atoms with E-state index in [1.54, 1.807) is 24.6 Å². The first kappa shape index (κ1) is 13.2. The van der Waals surface area contributed by atoms with Crippen LogP contribution in [0.2, 0.25) is 0 Å². The number of ether oxygens (including phenoxy) is 1. The summed E-state index contributed by atoms with van der Waals surface area (Å²) < 4.78 is 5.57. The predicted molar refractivity (Wildman–Crippen MR) is 73.1 cm³/mol. The third kappa shape index (κ3) is 3.14. The Kier molecular flexibility index (Phi) is 4.83. The zero-order valence-electron chi connectivity index (χ0n) is 10.2. The minimum atomic E-state index is -0.0832. The molecule has 0 saturated heterocycles. The summed E-state index contributed by atoms with van der Waals surface area (Å²) in [7, 11) is 1.70. The highest BCUT2D eigenvalue weighted by atomic mass is 32.1. The summed E-state index contributed by atoms with van der Waals surface area (Å²) in [5.41, 5.74) is 3.94. The van der Waals surface area contributed by atoms with Crippen LogP contribution in [0.15, 0.2) is 41.9 Å². The van der Waals surface area contributed by atoms with Crippen molar-refractivity contribution in [1.29, 1.82) is 0 Å². The number of nitrogens with two attached hydrogens (primary N) is 1. The summed E-state index contributed by atoms with van der Waals surface area (Å²) in [4.78, 5) is 4.28. The molecule has 2 rings (SSSR count). The minimum absolute atomic E-state index is 0.00329. The lowest BCUT2D eigenvalue weighted by molar-refractivity contribution is 0.0678. The van der Waals surface area contributed by atoms with Crippen molar-refractivity contribution in [2.75, 3.05) is 7.11 Å². The molecular weight excluding hydrogens is 246 g/mol. The van der Waals surface area contributed by atoms with Gasteiger partial charge < -0.3 is 4.74 Å². The maximum absolute atomic E-state index is 5.65. The molecular formula is C13H17N3OS. The van der Waals surface area contributed by atoms with Crippen molar-refractivity contribution >= 4 is 11.3 Å². The fourth-order valence-corrected chi connectivity index (χ4v) is 2.65. The van der Waals surface area contributed by atoms with E-state index in [1.165, 1.54) is 0 Å². The van der Waals surface area contributed by atoms with E-state index in [1.807, 2.05) is 35.7 Å². The Morgan fingerprint density at radius 3 is 2.72 bits per heavy atom. The highest BCUT2D eigenvalue weighted by Crippen LogP contribution is 2.23. The van der Waals surface area contributed by atoms with Gasteiger partial charge in [-0.05, 0) is 5.56 Å². The average Bonchev–Trinajstić information content (AvgIpc) is 2.92. The van der Waals surface area contributed by atoms with E-state index in [2.05, 4.69) is 10.4 Å². The van der Waals surface area contributed by atoms with E-state index in [4.69, 9.17) is 10.6 Å². The second-order valence-corrected chi connectivity index (χ2v) is 4.95. The third-order valence-corrected chi connectivity index (χ3v) is 3.64. The van der Waals surface area contributed by atoms with Gasteiger partial charge in [0.05, 0.1) is 17.2 Å². The van der Waals surface area contributed by atoms with Crippen LogP contribution in [0.4, 0.5) is 0 Å². The fraction of sp³-hybridized carbons (Fsp3) is 0.308. The molecule has 0 spiro atoms. The summed E-state index contributed by atoms with van der Waals surface area (Å²) >= 11 is 1.63. The highest BCUT2D eigenvalue weighted by Gasteiger charge is 2.22. The molecule has 0 bridgehead atoms. The predicted octanol–water partition coefficient (Wildman–Crippen LogP) is 1.91. The number of rotatable bonds is 6. The van der Waals surface area contributed by atoms with Gasteiger partial charge >= 0.3 is 0 Å². The molecule has 2 unspecified atom stereocenters. The topological polar surface area (TPSA) is 60.2 Å². The molecule has 1 aromatic heterocycles. The molecule has 5 heteroatoms. The minimum Gasteiger partial charge on any atom is -0.375 e. The van der Waals surface area contributed by atoms with Crippen molar-refractivity contribution < 1.29 is 4.74 Å². The van der Waals surface area contributed by atoms with Gasteiger partial charge in [0.1, 0.15) is 0 Å². The van der Waals surface area contributed by atoms with E-state index < -0.39 is 0 Å². The van der Waals surface area contributed by atoms with Crippen LogP contribution in [0.5, 0.6) is 0 Å². The summed E-state index contributed by atoms with van der Waals surface area (Å²) in [5.74, 6) is 5.65. The van der Waals surface area contributed by atoms with Crippen molar-refractivity contribution in [2.45, 2.75) is 18.6 Å². The first-order valence-electron chi connectivity index (χ1n) is 5.77. The molecule has 0 aliphatic rings. The van der Waals surface area contributed by atoms with Gasteiger partial charge in [0.2, 0.25) is 0 Å². The zero-order valence-corrected chi connectivity index (χ0v) is 11.1. The van der Waals surface area contributed by atoms with E-state index in [9.17, 15) is 0 Å². The molecule has 4 nitrogen and oxygen atoms in total. The van der Waals surface area contributed by atoms with Crippen molar-refractivity contribution in [2.24, 2.45) is 5.84 Å². The van der Waals surface area contributed by atoms with Crippen molar-refractivity contribution in [3.05, 3.63) is 52.5 Å². The number of hydrogen-bond donors (Lipinski definition) is 2. The van der Waals surface area contributed by atoms with E-state index in [0.29, 0.717) is 0 Å². The number of nitrogens with zero attached hydrogens (tertiary/aromatic N) is 1. The van der Waals surface area contributed by atoms with Crippen molar-refractivity contribution in [3.63, 3.8) is 0 Å². The lowest BCUT2D eigenvalue weighted by atomic mass is 10.0. The molecule has 18 heavy (non-hydrogen) atoms. The number of benzene rings is 1. The quantitative estimate of drug-likeness (QED) is 0.617. The molecule has 0 amide bonds. The number of nitrogens with one attached hydrogen (secondary N) is 1. The van der Waals surface area contributed by atoms with Gasteiger partial charge in [0, 0.05) is 25.1 Å². The van der Waals surface area contributed by atoms with Gasteiger partial charge in [-0.15, -0.1) is 11.3 Å². The van der Waals surface area contributed by atoms with E-state index >= 15 is 0 Å². The second-order valence-electron chi connectivity index (χ2n) is 3.97. The number of hydrazine groups is 1. The Hall–Kier alpha value is -1.27. The Morgan fingerprint density at radius 1 is 1.39 bits per heavy atom. The monoisotopic (exact) mass is 263 g/mol. The van der Waals surface area contributed by atoms with Crippen LogP contribution in [0.25, 0.3) is 0 Å². The van der Waals surface area contributed by atoms with Crippen molar-refractivity contribution in [1.82, 2.24) is 10.4 Å². The Balaban J connectivity index is 2.14. The first-order valence-corrected chi connectivity index (χ1v) is 6.65. The molecule has 2 atom stereocenters. The molecule has 0 aliphatic carbocycles. The lowest BCUT2D eigenvalue weighted by Crippen LogP contribution is -2.42. The average molecular weight is 263 g/mol.